The van der Waals surface area contributed by atoms with Crippen molar-refractivity contribution in [2.45, 2.75) is 6.54 Å². The fourth-order valence-corrected chi connectivity index (χ4v) is 4.58. The van der Waals surface area contributed by atoms with Gasteiger partial charge in [0.25, 0.3) is 5.91 Å². The Balaban J connectivity index is 1.40. The van der Waals surface area contributed by atoms with E-state index in [2.05, 4.69) is 51.9 Å². The fraction of sp³-hybridized carbons (Fsp3) is 0.217. The van der Waals surface area contributed by atoms with Crippen molar-refractivity contribution >= 4 is 34.2 Å². The quantitative estimate of drug-likeness (QED) is 0.516. The van der Waals surface area contributed by atoms with Crippen LogP contribution in [0.4, 0.5) is 5.95 Å². The van der Waals surface area contributed by atoms with Crippen LogP contribution in [0.25, 0.3) is 11.0 Å². The van der Waals surface area contributed by atoms with Gasteiger partial charge in [-0.05, 0) is 29.1 Å². The molecule has 0 radical (unpaired) electrons. The number of fused-ring (bicyclic) bond motifs is 1. The molecule has 1 fully saturated rings. The number of benzene rings is 2. The zero-order valence-corrected chi connectivity index (χ0v) is 16.9. The average Bonchev–Trinajstić information content (AvgIpc) is 3.43. The van der Waals surface area contributed by atoms with Crippen LogP contribution in [0.3, 0.4) is 0 Å². The van der Waals surface area contributed by atoms with Crippen LogP contribution in [0, 0.1) is 0 Å². The lowest BCUT2D eigenvalue weighted by atomic mass is 10.2. The van der Waals surface area contributed by atoms with Crippen LogP contribution in [-0.4, -0.2) is 46.5 Å². The minimum Gasteiger partial charge on any atom is -0.339 e. The maximum absolute atomic E-state index is 12.6. The highest BCUT2D eigenvalue weighted by molar-refractivity contribution is 7.12. The number of imidazole rings is 1. The average molecular weight is 403 g/mol. The second-order valence-corrected chi connectivity index (χ2v) is 8.18. The van der Waals surface area contributed by atoms with Gasteiger partial charge in [-0.3, -0.25) is 4.79 Å². The maximum atomic E-state index is 12.6. The van der Waals surface area contributed by atoms with Crippen molar-refractivity contribution < 1.29 is 4.79 Å². The lowest BCUT2D eigenvalue weighted by molar-refractivity contribution is 0.0751. The van der Waals surface area contributed by atoms with Gasteiger partial charge in [0, 0.05) is 26.2 Å². The van der Waals surface area contributed by atoms with E-state index in [-0.39, 0.29) is 5.91 Å². The smallest absolute Gasteiger partial charge is 0.264 e. The van der Waals surface area contributed by atoms with E-state index >= 15 is 0 Å². The summed E-state index contributed by atoms with van der Waals surface area (Å²) >= 11 is 1.51. The van der Waals surface area contributed by atoms with Gasteiger partial charge in [0.2, 0.25) is 5.95 Å². The van der Waals surface area contributed by atoms with Crippen molar-refractivity contribution in [1.82, 2.24) is 14.5 Å². The van der Waals surface area contributed by atoms with Crippen molar-refractivity contribution in [3.63, 3.8) is 0 Å². The summed E-state index contributed by atoms with van der Waals surface area (Å²) in [5.41, 5.74) is 3.40. The molecule has 2 aromatic heterocycles. The van der Waals surface area contributed by atoms with Crippen LogP contribution in [0.5, 0.6) is 0 Å². The number of aromatic nitrogens is 2. The first-order valence-electron chi connectivity index (χ1n) is 9.86. The number of carbonyl (C=O) groups excluding carboxylic acids is 1. The molecule has 3 heterocycles. The Kier molecular flexibility index (Phi) is 4.77. The first kappa shape index (κ1) is 17.9. The molecule has 0 saturated carbocycles. The first-order chi connectivity index (χ1) is 14.3. The van der Waals surface area contributed by atoms with Gasteiger partial charge in [-0.2, -0.15) is 0 Å². The summed E-state index contributed by atoms with van der Waals surface area (Å²) in [7, 11) is 0. The van der Waals surface area contributed by atoms with Crippen LogP contribution < -0.4 is 4.90 Å². The van der Waals surface area contributed by atoms with Crippen molar-refractivity contribution in [2.24, 2.45) is 0 Å². The number of carbonyl (C=O) groups is 1. The molecule has 6 heteroatoms. The van der Waals surface area contributed by atoms with E-state index in [4.69, 9.17) is 4.98 Å². The Morgan fingerprint density at radius 3 is 2.41 bits per heavy atom. The van der Waals surface area contributed by atoms with E-state index in [0.29, 0.717) is 13.1 Å². The summed E-state index contributed by atoms with van der Waals surface area (Å²) in [6, 6.07) is 22.6. The van der Waals surface area contributed by atoms with Gasteiger partial charge in [-0.25, -0.2) is 4.98 Å². The van der Waals surface area contributed by atoms with Crippen molar-refractivity contribution in [3.05, 3.63) is 82.6 Å². The Labute approximate surface area is 173 Å². The van der Waals surface area contributed by atoms with Crippen LogP contribution in [0.15, 0.2) is 72.1 Å². The Bertz CT molecular complexity index is 1110. The third-order valence-corrected chi connectivity index (χ3v) is 6.26. The normalized spacial score (nSPS) is 14.5. The molecule has 0 bridgehead atoms. The van der Waals surface area contributed by atoms with E-state index < -0.39 is 0 Å². The number of nitrogens with zero attached hydrogens (tertiary/aromatic N) is 4. The summed E-state index contributed by atoms with van der Waals surface area (Å²) in [4.78, 5) is 22.7. The SMILES string of the molecule is O=C(c1cccs1)N1CCN(c2nc3ccccc3n2Cc2ccccc2)CC1. The number of thiophene rings is 1. The Morgan fingerprint density at radius 1 is 0.897 bits per heavy atom. The molecule has 4 aromatic rings. The predicted octanol–water partition coefficient (Wildman–Crippen LogP) is 4.11. The van der Waals surface area contributed by atoms with Crippen LogP contribution in [0.1, 0.15) is 15.2 Å². The number of rotatable bonds is 4. The third-order valence-electron chi connectivity index (χ3n) is 5.40. The molecule has 0 atom stereocenters. The molecule has 2 aromatic carbocycles. The second-order valence-electron chi connectivity index (χ2n) is 7.23. The van der Waals surface area contributed by atoms with Crippen molar-refractivity contribution in [1.29, 1.82) is 0 Å². The summed E-state index contributed by atoms with van der Waals surface area (Å²) in [5, 5.41) is 1.95. The molecule has 1 saturated heterocycles. The van der Waals surface area contributed by atoms with E-state index in [1.54, 1.807) is 0 Å². The molecular formula is C23H22N4OS. The van der Waals surface area contributed by atoms with Gasteiger partial charge < -0.3 is 14.4 Å². The van der Waals surface area contributed by atoms with Crippen molar-refractivity contribution in [2.75, 3.05) is 31.1 Å². The Morgan fingerprint density at radius 2 is 1.66 bits per heavy atom. The first-order valence-corrected chi connectivity index (χ1v) is 10.7. The number of hydrogen-bond donors (Lipinski definition) is 0. The summed E-state index contributed by atoms with van der Waals surface area (Å²) in [5.74, 6) is 1.12. The number of para-hydroxylation sites is 2. The lowest BCUT2D eigenvalue weighted by Gasteiger charge is -2.35. The molecule has 0 aliphatic carbocycles. The third kappa shape index (κ3) is 3.51. The van der Waals surface area contributed by atoms with Gasteiger partial charge in [0.1, 0.15) is 0 Å². The van der Waals surface area contributed by atoms with Crippen LogP contribution >= 0.6 is 11.3 Å². The summed E-state index contributed by atoms with van der Waals surface area (Å²) in [6.45, 7) is 3.78. The standard InChI is InChI=1S/C23H22N4OS/c28-22(21-11-6-16-29-21)25-12-14-26(15-13-25)23-24-19-9-4-5-10-20(19)27(23)17-18-7-2-1-3-8-18/h1-11,16H,12-15,17H2. The number of hydrogen-bond acceptors (Lipinski definition) is 4. The maximum Gasteiger partial charge on any atom is 0.264 e. The molecule has 1 aliphatic rings. The number of piperazine rings is 1. The number of amides is 1. The zero-order chi connectivity index (χ0) is 19.6. The fourth-order valence-electron chi connectivity index (χ4n) is 3.89. The van der Waals surface area contributed by atoms with Gasteiger partial charge in [-0.1, -0.05) is 48.5 Å². The van der Waals surface area contributed by atoms with Gasteiger partial charge >= 0.3 is 0 Å². The molecule has 146 valence electrons. The molecule has 0 spiro atoms. The highest BCUT2D eigenvalue weighted by Crippen LogP contribution is 2.25. The second kappa shape index (κ2) is 7.72. The van der Waals surface area contributed by atoms with Crippen LogP contribution in [0.2, 0.25) is 0 Å². The monoisotopic (exact) mass is 402 g/mol. The van der Waals surface area contributed by atoms with E-state index in [1.807, 2.05) is 34.5 Å². The van der Waals surface area contributed by atoms with Crippen LogP contribution in [-0.2, 0) is 6.54 Å². The minimum atomic E-state index is 0.137. The molecule has 5 nitrogen and oxygen atoms in total. The van der Waals surface area contributed by atoms with E-state index in [0.717, 1.165) is 41.5 Å². The van der Waals surface area contributed by atoms with Gasteiger partial charge in [-0.15, -0.1) is 11.3 Å². The molecule has 1 aliphatic heterocycles. The highest BCUT2D eigenvalue weighted by atomic mass is 32.1. The zero-order valence-electron chi connectivity index (χ0n) is 16.1. The van der Waals surface area contributed by atoms with Gasteiger partial charge in [0.15, 0.2) is 0 Å². The van der Waals surface area contributed by atoms with E-state index in [9.17, 15) is 4.79 Å². The molecule has 0 N–H and O–H groups in total. The van der Waals surface area contributed by atoms with Crippen molar-refractivity contribution in [3.8, 4) is 0 Å². The molecule has 29 heavy (non-hydrogen) atoms. The predicted molar refractivity (Wildman–Crippen MR) is 118 cm³/mol. The summed E-state index contributed by atoms with van der Waals surface area (Å²) in [6.07, 6.45) is 0. The van der Waals surface area contributed by atoms with Gasteiger partial charge in [0.05, 0.1) is 22.5 Å². The molecular weight excluding hydrogens is 380 g/mol. The Hall–Kier alpha value is -3.12. The largest absolute Gasteiger partial charge is 0.339 e. The lowest BCUT2D eigenvalue weighted by Crippen LogP contribution is -2.49. The number of anilines is 1. The highest BCUT2D eigenvalue weighted by Gasteiger charge is 2.25. The minimum absolute atomic E-state index is 0.137. The summed E-state index contributed by atoms with van der Waals surface area (Å²) < 4.78 is 2.29. The van der Waals surface area contributed by atoms with E-state index in [1.165, 1.54) is 16.9 Å². The molecule has 0 unspecified atom stereocenters. The molecule has 5 rings (SSSR count). The topological polar surface area (TPSA) is 41.4 Å². The molecule has 1 amide bonds.